The minimum absolute atomic E-state index is 0.298. The number of thiazole rings is 1. The fourth-order valence-electron chi connectivity index (χ4n) is 2.47. The van der Waals surface area contributed by atoms with E-state index in [1.165, 1.54) is 29.0 Å². The van der Waals surface area contributed by atoms with Crippen molar-refractivity contribution in [1.82, 2.24) is 4.98 Å². The van der Waals surface area contributed by atoms with E-state index < -0.39 is 0 Å². The first kappa shape index (κ1) is 16.9. The van der Waals surface area contributed by atoms with Crippen molar-refractivity contribution in [3.05, 3.63) is 76.0 Å². The van der Waals surface area contributed by atoms with Crippen LogP contribution in [0.3, 0.4) is 0 Å². The summed E-state index contributed by atoms with van der Waals surface area (Å²) in [6, 6.07) is 14.3. The highest BCUT2D eigenvalue weighted by Gasteiger charge is 2.10. The average molecular weight is 349 g/mol. The summed E-state index contributed by atoms with van der Waals surface area (Å²) in [6.07, 6.45) is 1.60. The van der Waals surface area contributed by atoms with Gasteiger partial charge in [0.1, 0.15) is 22.5 Å². The molecule has 0 unspecified atom stereocenters. The van der Waals surface area contributed by atoms with E-state index in [2.05, 4.69) is 48.4 Å². The molecule has 5 heteroatoms. The van der Waals surface area contributed by atoms with Crippen LogP contribution in [0.1, 0.15) is 16.1 Å². The SMILES string of the molecule is Cc1ccc(-c2csc(/C(C#N)=C/Nc3ccc(F)cc3)n2)c(C)c1. The first-order valence-corrected chi connectivity index (χ1v) is 8.60. The Morgan fingerprint density at radius 3 is 2.64 bits per heavy atom. The molecule has 0 amide bonds. The van der Waals surface area contributed by atoms with Crippen molar-refractivity contribution < 1.29 is 4.39 Å². The molecular weight excluding hydrogens is 333 g/mol. The molecular formula is C20H16FN3S. The smallest absolute Gasteiger partial charge is 0.136 e. The van der Waals surface area contributed by atoms with Crippen LogP contribution >= 0.6 is 11.3 Å². The molecule has 3 nitrogen and oxygen atoms in total. The molecule has 3 aromatic rings. The molecule has 3 rings (SSSR count). The third-order valence-electron chi connectivity index (χ3n) is 3.74. The normalized spacial score (nSPS) is 11.2. The van der Waals surface area contributed by atoms with E-state index in [0.29, 0.717) is 16.3 Å². The molecule has 0 spiro atoms. The van der Waals surface area contributed by atoms with Crippen molar-refractivity contribution >= 4 is 22.6 Å². The second kappa shape index (κ2) is 7.29. The standard InChI is InChI=1S/C20H16FN3S/c1-13-3-8-18(14(2)9-13)19-12-25-20(24-19)15(10-22)11-23-17-6-4-16(21)5-7-17/h3-9,11-12,23H,1-2H3/b15-11+. The highest BCUT2D eigenvalue weighted by atomic mass is 32.1. The van der Waals surface area contributed by atoms with Crippen molar-refractivity contribution in [2.75, 3.05) is 5.32 Å². The highest BCUT2D eigenvalue weighted by molar-refractivity contribution is 7.11. The van der Waals surface area contributed by atoms with E-state index in [1.807, 2.05) is 5.38 Å². The molecule has 0 bridgehead atoms. The zero-order valence-electron chi connectivity index (χ0n) is 13.9. The number of allylic oxidation sites excluding steroid dienone is 1. The quantitative estimate of drug-likeness (QED) is 0.629. The molecule has 1 aromatic heterocycles. The second-order valence-corrected chi connectivity index (χ2v) is 6.54. The van der Waals surface area contributed by atoms with Crippen LogP contribution in [0, 0.1) is 31.0 Å². The van der Waals surface area contributed by atoms with E-state index >= 15 is 0 Å². The summed E-state index contributed by atoms with van der Waals surface area (Å²) in [5, 5.41) is 15.0. The molecule has 0 aliphatic carbocycles. The Morgan fingerprint density at radius 2 is 1.96 bits per heavy atom. The monoisotopic (exact) mass is 349 g/mol. The van der Waals surface area contributed by atoms with Crippen LogP contribution < -0.4 is 5.32 Å². The Kier molecular flexibility index (Phi) is 4.92. The van der Waals surface area contributed by atoms with E-state index in [0.717, 1.165) is 16.8 Å². The van der Waals surface area contributed by atoms with Crippen molar-refractivity contribution in [2.45, 2.75) is 13.8 Å². The van der Waals surface area contributed by atoms with Gasteiger partial charge in [-0.15, -0.1) is 11.3 Å². The minimum atomic E-state index is -0.298. The van der Waals surface area contributed by atoms with E-state index in [4.69, 9.17) is 0 Å². The fraction of sp³-hybridized carbons (Fsp3) is 0.100. The maximum absolute atomic E-state index is 12.9. The first-order valence-electron chi connectivity index (χ1n) is 7.73. The number of nitriles is 1. The summed E-state index contributed by atoms with van der Waals surface area (Å²) in [5.74, 6) is -0.298. The molecule has 0 fully saturated rings. The summed E-state index contributed by atoms with van der Waals surface area (Å²) in [7, 11) is 0. The van der Waals surface area contributed by atoms with E-state index in [9.17, 15) is 9.65 Å². The third-order valence-corrected chi connectivity index (χ3v) is 4.62. The minimum Gasteiger partial charge on any atom is -0.360 e. The Morgan fingerprint density at radius 1 is 1.20 bits per heavy atom. The molecule has 1 N–H and O–H groups in total. The lowest BCUT2D eigenvalue weighted by Crippen LogP contribution is -1.91. The number of aryl methyl sites for hydroxylation is 2. The average Bonchev–Trinajstić information content (AvgIpc) is 3.06. The van der Waals surface area contributed by atoms with Crippen LogP contribution in [0.4, 0.5) is 10.1 Å². The number of anilines is 1. The summed E-state index contributed by atoms with van der Waals surface area (Å²) >= 11 is 1.43. The largest absolute Gasteiger partial charge is 0.360 e. The number of benzene rings is 2. The number of nitrogens with one attached hydrogen (secondary N) is 1. The Bertz CT molecular complexity index is 965. The second-order valence-electron chi connectivity index (χ2n) is 5.68. The molecule has 0 saturated heterocycles. The van der Waals surface area contributed by atoms with Gasteiger partial charge in [-0.3, -0.25) is 0 Å². The topological polar surface area (TPSA) is 48.7 Å². The molecule has 1 heterocycles. The number of nitrogens with zero attached hydrogens (tertiary/aromatic N) is 2. The van der Waals surface area contributed by atoms with Crippen LogP contribution in [-0.2, 0) is 0 Å². The maximum Gasteiger partial charge on any atom is 0.136 e. The molecule has 0 radical (unpaired) electrons. The van der Waals surface area contributed by atoms with Gasteiger partial charge in [0.25, 0.3) is 0 Å². The Labute approximate surface area is 150 Å². The van der Waals surface area contributed by atoms with Gasteiger partial charge in [-0.2, -0.15) is 5.26 Å². The predicted molar refractivity (Wildman–Crippen MR) is 101 cm³/mol. The molecule has 0 atom stereocenters. The van der Waals surface area contributed by atoms with Crippen molar-refractivity contribution in [2.24, 2.45) is 0 Å². The zero-order valence-corrected chi connectivity index (χ0v) is 14.7. The molecule has 2 aromatic carbocycles. The van der Waals surface area contributed by atoms with Crippen LogP contribution in [0.5, 0.6) is 0 Å². The van der Waals surface area contributed by atoms with Crippen molar-refractivity contribution in [1.29, 1.82) is 5.26 Å². The lowest BCUT2D eigenvalue weighted by atomic mass is 10.0. The summed E-state index contributed by atoms with van der Waals surface area (Å²) in [6.45, 7) is 4.11. The van der Waals surface area contributed by atoms with E-state index in [-0.39, 0.29) is 5.82 Å². The lowest BCUT2D eigenvalue weighted by molar-refractivity contribution is 0.628. The molecule has 0 aliphatic heterocycles. The van der Waals surface area contributed by atoms with Gasteiger partial charge in [0.2, 0.25) is 0 Å². The van der Waals surface area contributed by atoms with Gasteiger partial charge in [-0.1, -0.05) is 23.8 Å². The molecule has 25 heavy (non-hydrogen) atoms. The Hall–Kier alpha value is -2.97. The summed E-state index contributed by atoms with van der Waals surface area (Å²) < 4.78 is 12.9. The van der Waals surface area contributed by atoms with E-state index in [1.54, 1.807) is 18.3 Å². The number of hydrogen-bond donors (Lipinski definition) is 1. The third kappa shape index (κ3) is 3.93. The number of halogens is 1. The van der Waals surface area contributed by atoms with Gasteiger partial charge < -0.3 is 5.32 Å². The maximum atomic E-state index is 12.9. The van der Waals surface area contributed by atoms with Crippen molar-refractivity contribution in [3.8, 4) is 17.3 Å². The van der Waals surface area contributed by atoms with Gasteiger partial charge in [0, 0.05) is 22.8 Å². The van der Waals surface area contributed by atoms with Crippen LogP contribution in [0.25, 0.3) is 16.8 Å². The molecule has 124 valence electrons. The summed E-state index contributed by atoms with van der Waals surface area (Å²) in [4.78, 5) is 4.60. The van der Waals surface area contributed by atoms with Gasteiger partial charge in [0.15, 0.2) is 0 Å². The fourth-order valence-corrected chi connectivity index (χ4v) is 3.25. The van der Waals surface area contributed by atoms with Gasteiger partial charge >= 0.3 is 0 Å². The van der Waals surface area contributed by atoms with Gasteiger partial charge in [-0.25, -0.2) is 9.37 Å². The van der Waals surface area contributed by atoms with Gasteiger partial charge in [-0.05, 0) is 43.7 Å². The van der Waals surface area contributed by atoms with Crippen LogP contribution in [-0.4, -0.2) is 4.98 Å². The van der Waals surface area contributed by atoms with Crippen molar-refractivity contribution in [3.63, 3.8) is 0 Å². The van der Waals surface area contributed by atoms with Crippen LogP contribution in [0.2, 0.25) is 0 Å². The summed E-state index contributed by atoms with van der Waals surface area (Å²) in [5.41, 5.74) is 5.43. The first-order chi connectivity index (χ1) is 12.1. The Balaban J connectivity index is 1.85. The highest BCUT2D eigenvalue weighted by Crippen LogP contribution is 2.28. The number of rotatable bonds is 4. The lowest BCUT2D eigenvalue weighted by Gasteiger charge is -2.03. The molecule has 0 aliphatic rings. The van der Waals surface area contributed by atoms with Gasteiger partial charge in [0.05, 0.1) is 5.69 Å². The number of hydrogen-bond acceptors (Lipinski definition) is 4. The van der Waals surface area contributed by atoms with Crippen LogP contribution in [0.15, 0.2) is 54.0 Å². The molecule has 0 saturated carbocycles. The zero-order chi connectivity index (χ0) is 17.8. The number of aromatic nitrogens is 1. The predicted octanol–water partition coefficient (Wildman–Crippen LogP) is 5.54.